The lowest BCUT2D eigenvalue weighted by atomic mass is 10.1. The number of amides is 1. The van der Waals surface area contributed by atoms with Crippen LogP contribution in [0.1, 0.15) is 25.7 Å². The summed E-state index contributed by atoms with van der Waals surface area (Å²) in [5, 5.41) is 3.22. The molecule has 3 unspecified atom stereocenters. The topological polar surface area (TPSA) is 32.3 Å². The first-order valence-corrected chi connectivity index (χ1v) is 6.74. The molecule has 1 heterocycles. The van der Waals surface area contributed by atoms with Gasteiger partial charge in [-0.1, -0.05) is 6.42 Å². The average Bonchev–Trinajstić information content (AvgIpc) is 2.73. The van der Waals surface area contributed by atoms with Gasteiger partial charge in [0.15, 0.2) is 0 Å². The summed E-state index contributed by atoms with van der Waals surface area (Å²) in [6, 6.07) is 0. The lowest BCUT2D eigenvalue weighted by Crippen LogP contribution is -2.32. The van der Waals surface area contributed by atoms with Gasteiger partial charge in [0.25, 0.3) is 0 Å². The molecule has 3 rings (SSSR count). The molecule has 0 spiro atoms. The van der Waals surface area contributed by atoms with E-state index in [1.165, 1.54) is 25.7 Å². The summed E-state index contributed by atoms with van der Waals surface area (Å²) in [4.78, 5) is 14.4. The zero-order valence-corrected chi connectivity index (χ0v) is 11.3. The summed E-state index contributed by atoms with van der Waals surface area (Å²) in [5.41, 5.74) is 0. The zero-order valence-electron chi connectivity index (χ0n) is 10.5. The van der Waals surface area contributed by atoms with Crippen LogP contribution in [0.5, 0.6) is 0 Å². The van der Waals surface area contributed by atoms with Crippen LogP contribution in [-0.4, -0.2) is 37.5 Å². The van der Waals surface area contributed by atoms with Gasteiger partial charge >= 0.3 is 0 Å². The molecule has 4 heteroatoms. The van der Waals surface area contributed by atoms with Crippen molar-refractivity contribution in [2.24, 2.45) is 23.7 Å². The predicted molar refractivity (Wildman–Crippen MR) is 70.2 cm³/mol. The third-order valence-electron chi connectivity index (χ3n) is 4.78. The van der Waals surface area contributed by atoms with Crippen molar-refractivity contribution in [2.45, 2.75) is 25.7 Å². The number of likely N-dealkylation sites (tertiary alicyclic amines) is 1. The van der Waals surface area contributed by atoms with Crippen LogP contribution in [0.2, 0.25) is 0 Å². The number of hydrogen-bond donors (Lipinski definition) is 1. The Balaban J connectivity index is 0.00000108. The summed E-state index contributed by atoms with van der Waals surface area (Å²) >= 11 is 0. The molecule has 1 amide bonds. The van der Waals surface area contributed by atoms with Crippen molar-refractivity contribution in [1.29, 1.82) is 0 Å². The Hall–Kier alpha value is -0.280. The van der Waals surface area contributed by atoms with Crippen LogP contribution < -0.4 is 5.32 Å². The van der Waals surface area contributed by atoms with Gasteiger partial charge in [-0.05, 0) is 50.6 Å². The minimum Gasteiger partial charge on any atom is -0.342 e. The molecule has 2 saturated carbocycles. The van der Waals surface area contributed by atoms with E-state index in [4.69, 9.17) is 0 Å². The van der Waals surface area contributed by atoms with Gasteiger partial charge in [-0.2, -0.15) is 0 Å². The Kier molecular flexibility index (Phi) is 3.99. The molecular formula is C13H23ClN2O. The van der Waals surface area contributed by atoms with Crippen LogP contribution in [0.25, 0.3) is 0 Å². The highest BCUT2D eigenvalue weighted by atomic mass is 35.5. The number of halogens is 1. The first-order valence-electron chi connectivity index (χ1n) is 6.74. The normalized spacial score (nSPS) is 38.8. The number of rotatable bonds is 3. The third-order valence-corrected chi connectivity index (χ3v) is 4.78. The maximum Gasteiger partial charge on any atom is 0.226 e. The maximum absolute atomic E-state index is 12.3. The second-order valence-corrected chi connectivity index (χ2v) is 5.78. The second-order valence-electron chi connectivity index (χ2n) is 5.78. The Morgan fingerprint density at radius 1 is 1.29 bits per heavy atom. The summed E-state index contributed by atoms with van der Waals surface area (Å²) in [6.07, 6.45) is 5.18. The van der Waals surface area contributed by atoms with E-state index in [0.29, 0.717) is 17.7 Å². The lowest BCUT2D eigenvalue weighted by Gasteiger charge is -2.17. The molecule has 0 aromatic carbocycles. The van der Waals surface area contributed by atoms with Crippen LogP contribution >= 0.6 is 12.4 Å². The number of carbonyl (C=O) groups excluding carboxylic acids is 1. The molecule has 0 bridgehead atoms. The van der Waals surface area contributed by atoms with Crippen molar-refractivity contribution in [3.8, 4) is 0 Å². The summed E-state index contributed by atoms with van der Waals surface area (Å²) < 4.78 is 0. The van der Waals surface area contributed by atoms with E-state index in [1.807, 2.05) is 7.05 Å². The summed E-state index contributed by atoms with van der Waals surface area (Å²) in [5.74, 6) is 3.15. The highest BCUT2D eigenvalue weighted by Crippen LogP contribution is 2.58. The van der Waals surface area contributed by atoms with Crippen molar-refractivity contribution in [3.05, 3.63) is 0 Å². The van der Waals surface area contributed by atoms with E-state index in [-0.39, 0.29) is 12.4 Å². The highest BCUT2D eigenvalue weighted by Gasteiger charge is 2.57. The van der Waals surface area contributed by atoms with Crippen molar-refractivity contribution >= 4 is 18.3 Å². The van der Waals surface area contributed by atoms with Gasteiger partial charge in [0.1, 0.15) is 0 Å². The molecule has 3 aliphatic rings. The van der Waals surface area contributed by atoms with Gasteiger partial charge in [-0.25, -0.2) is 0 Å². The molecule has 17 heavy (non-hydrogen) atoms. The van der Waals surface area contributed by atoms with Crippen molar-refractivity contribution in [2.75, 3.05) is 26.7 Å². The minimum absolute atomic E-state index is 0. The molecule has 1 saturated heterocycles. The number of hydrogen-bond acceptors (Lipinski definition) is 2. The molecule has 0 aromatic heterocycles. The Morgan fingerprint density at radius 2 is 2.00 bits per heavy atom. The monoisotopic (exact) mass is 258 g/mol. The van der Waals surface area contributed by atoms with Crippen LogP contribution in [-0.2, 0) is 4.79 Å². The highest BCUT2D eigenvalue weighted by molar-refractivity contribution is 5.85. The van der Waals surface area contributed by atoms with Gasteiger partial charge in [0.2, 0.25) is 5.91 Å². The maximum atomic E-state index is 12.3. The van der Waals surface area contributed by atoms with Gasteiger partial charge in [-0.15, -0.1) is 12.4 Å². The predicted octanol–water partition coefficient (Wildman–Crippen LogP) is 1.52. The van der Waals surface area contributed by atoms with Crippen molar-refractivity contribution in [3.63, 3.8) is 0 Å². The SMILES string of the molecule is CNCC1CCN(C(=O)C2C3CCCC32)C1.Cl. The van der Waals surface area contributed by atoms with Crippen molar-refractivity contribution in [1.82, 2.24) is 10.2 Å². The van der Waals surface area contributed by atoms with Gasteiger partial charge < -0.3 is 10.2 Å². The molecule has 0 aromatic rings. The van der Waals surface area contributed by atoms with Crippen LogP contribution in [0.15, 0.2) is 0 Å². The van der Waals surface area contributed by atoms with E-state index in [2.05, 4.69) is 10.2 Å². The molecule has 1 N–H and O–H groups in total. The Labute approximate surface area is 110 Å². The van der Waals surface area contributed by atoms with E-state index in [0.717, 1.165) is 31.5 Å². The summed E-state index contributed by atoms with van der Waals surface area (Å²) in [6.45, 7) is 3.05. The largest absolute Gasteiger partial charge is 0.342 e. The molecule has 3 fully saturated rings. The molecule has 3 nitrogen and oxygen atoms in total. The minimum atomic E-state index is 0. The average molecular weight is 259 g/mol. The fourth-order valence-electron chi connectivity index (χ4n) is 3.89. The Morgan fingerprint density at radius 3 is 2.65 bits per heavy atom. The second kappa shape index (κ2) is 5.15. The number of nitrogens with one attached hydrogen (secondary N) is 1. The molecule has 98 valence electrons. The molecule has 1 aliphatic heterocycles. The van der Waals surface area contributed by atoms with E-state index in [9.17, 15) is 4.79 Å². The lowest BCUT2D eigenvalue weighted by molar-refractivity contribution is -0.132. The van der Waals surface area contributed by atoms with Gasteiger partial charge in [0, 0.05) is 19.0 Å². The smallest absolute Gasteiger partial charge is 0.226 e. The van der Waals surface area contributed by atoms with Gasteiger partial charge in [-0.3, -0.25) is 4.79 Å². The van der Waals surface area contributed by atoms with E-state index in [1.54, 1.807) is 0 Å². The van der Waals surface area contributed by atoms with Crippen LogP contribution in [0.4, 0.5) is 0 Å². The number of carbonyl (C=O) groups is 1. The molecular weight excluding hydrogens is 236 g/mol. The molecule has 3 atom stereocenters. The molecule has 2 aliphatic carbocycles. The number of nitrogens with zero attached hydrogens (tertiary/aromatic N) is 1. The first-order chi connectivity index (χ1) is 7.81. The molecule has 0 radical (unpaired) electrons. The fraction of sp³-hybridized carbons (Fsp3) is 0.923. The van der Waals surface area contributed by atoms with Crippen LogP contribution in [0, 0.1) is 23.7 Å². The standard InChI is InChI=1S/C13H22N2O.ClH/c1-14-7-9-5-6-15(8-9)13(16)12-10-3-2-4-11(10)12;/h9-12,14H,2-8H2,1H3;1H. The quantitative estimate of drug-likeness (QED) is 0.833. The summed E-state index contributed by atoms with van der Waals surface area (Å²) in [7, 11) is 2.00. The van der Waals surface area contributed by atoms with E-state index < -0.39 is 0 Å². The first kappa shape index (κ1) is 13.2. The fourth-order valence-corrected chi connectivity index (χ4v) is 3.89. The number of fused-ring (bicyclic) bond motifs is 1. The van der Waals surface area contributed by atoms with Crippen LogP contribution in [0.3, 0.4) is 0 Å². The third kappa shape index (κ3) is 2.32. The zero-order chi connectivity index (χ0) is 11.1. The van der Waals surface area contributed by atoms with Gasteiger partial charge in [0.05, 0.1) is 0 Å². The van der Waals surface area contributed by atoms with Crippen molar-refractivity contribution < 1.29 is 4.79 Å². The van der Waals surface area contributed by atoms with E-state index >= 15 is 0 Å². The Bertz CT molecular complexity index is 287.